The number of amides is 1. The topological polar surface area (TPSA) is 96.8 Å². The van der Waals surface area contributed by atoms with Gasteiger partial charge in [-0.3, -0.25) is 9.59 Å². The normalized spacial score (nSPS) is 18.5. The molecule has 1 amide bonds. The largest absolute Gasteiger partial charge is 0.342 e. The van der Waals surface area contributed by atoms with E-state index in [-0.39, 0.29) is 22.9 Å². The summed E-state index contributed by atoms with van der Waals surface area (Å²) in [6, 6.07) is 9.95. The minimum Gasteiger partial charge on any atom is -0.342 e. The van der Waals surface area contributed by atoms with Crippen molar-refractivity contribution in [3.05, 3.63) is 52.1 Å². The molecule has 3 aromatic rings. The number of aromatic amines is 1. The Balaban J connectivity index is 1.32. The van der Waals surface area contributed by atoms with Gasteiger partial charge in [-0.2, -0.15) is 0 Å². The molecule has 1 aromatic carbocycles. The van der Waals surface area contributed by atoms with Gasteiger partial charge in [-0.15, -0.1) is 5.10 Å². The predicted molar refractivity (Wildman–Crippen MR) is 117 cm³/mol. The third-order valence-electron chi connectivity index (χ3n) is 6.71. The minimum absolute atomic E-state index is 0.132. The van der Waals surface area contributed by atoms with Crippen molar-refractivity contribution in [3.8, 4) is 0 Å². The highest BCUT2D eigenvalue weighted by molar-refractivity contribution is 5.79. The summed E-state index contributed by atoms with van der Waals surface area (Å²) >= 11 is 0. The van der Waals surface area contributed by atoms with Crippen LogP contribution in [0, 0.1) is 5.92 Å². The molecule has 0 spiro atoms. The van der Waals surface area contributed by atoms with Crippen molar-refractivity contribution in [1.29, 1.82) is 0 Å². The molecule has 8 nitrogen and oxygen atoms in total. The maximum absolute atomic E-state index is 12.8. The van der Waals surface area contributed by atoms with Gasteiger partial charge in [-0.1, -0.05) is 54.8 Å². The molecular formula is C23H28N6O2. The number of rotatable bonds is 4. The van der Waals surface area contributed by atoms with E-state index in [1.165, 1.54) is 19.3 Å². The smallest absolute Gasteiger partial charge is 0.281 e. The second-order valence-corrected chi connectivity index (χ2v) is 8.79. The molecule has 1 N–H and O–H groups in total. The summed E-state index contributed by atoms with van der Waals surface area (Å²) in [5.74, 6) is 1.34. The van der Waals surface area contributed by atoms with Gasteiger partial charge >= 0.3 is 0 Å². The zero-order valence-corrected chi connectivity index (χ0v) is 17.7. The van der Waals surface area contributed by atoms with Crippen LogP contribution in [0.2, 0.25) is 0 Å². The molecule has 5 rings (SSSR count). The fourth-order valence-corrected chi connectivity index (χ4v) is 4.92. The van der Waals surface area contributed by atoms with Gasteiger partial charge in [0, 0.05) is 24.9 Å². The van der Waals surface area contributed by atoms with Crippen molar-refractivity contribution >= 4 is 17.1 Å². The summed E-state index contributed by atoms with van der Waals surface area (Å²) in [6.45, 7) is 1.97. The molecule has 2 aliphatic rings. The van der Waals surface area contributed by atoms with E-state index in [4.69, 9.17) is 4.98 Å². The zero-order chi connectivity index (χ0) is 21.2. The maximum Gasteiger partial charge on any atom is 0.281 e. The molecule has 1 aliphatic carbocycles. The number of fused-ring (bicyclic) bond motifs is 1. The summed E-state index contributed by atoms with van der Waals surface area (Å²) in [7, 11) is 0. The fourth-order valence-electron chi connectivity index (χ4n) is 4.92. The zero-order valence-electron chi connectivity index (χ0n) is 17.7. The van der Waals surface area contributed by atoms with Crippen LogP contribution in [-0.2, 0) is 11.3 Å². The average molecular weight is 421 g/mol. The monoisotopic (exact) mass is 420 g/mol. The van der Waals surface area contributed by atoms with E-state index in [2.05, 4.69) is 15.3 Å². The molecule has 1 aliphatic heterocycles. The van der Waals surface area contributed by atoms with Crippen LogP contribution in [0.5, 0.6) is 0 Å². The highest BCUT2D eigenvalue weighted by Gasteiger charge is 2.30. The highest BCUT2D eigenvalue weighted by atomic mass is 16.2. The van der Waals surface area contributed by atoms with Crippen molar-refractivity contribution in [1.82, 2.24) is 29.9 Å². The second-order valence-electron chi connectivity index (χ2n) is 8.79. The summed E-state index contributed by atoms with van der Waals surface area (Å²) in [5, 5.41) is 8.20. The molecule has 2 fully saturated rings. The number of H-pyrrole nitrogens is 1. The summed E-state index contributed by atoms with van der Waals surface area (Å²) in [5.41, 5.74) is 1.61. The van der Waals surface area contributed by atoms with Crippen LogP contribution >= 0.6 is 0 Å². The third kappa shape index (κ3) is 4.11. The first-order valence-electron chi connectivity index (χ1n) is 11.3. The van der Waals surface area contributed by atoms with Crippen LogP contribution in [-0.4, -0.2) is 48.9 Å². The Labute approximate surface area is 180 Å². The van der Waals surface area contributed by atoms with Crippen molar-refractivity contribution in [2.24, 2.45) is 5.92 Å². The Morgan fingerprint density at radius 2 is 1.77 bits per heavy atom. The Bertz CT molecular complexity index is 1110. The first kappa shape index (κ1) is 19.9. The quantitative estimate of drug-likeness (QED) is 0.700. The summed E-state index contributed by atoms with van der Waals surface area (Å²) in [6.07, 6.45) is 7.28. The maximum atomic E-state index is 12.8. The van der Waals surface area contributed by atoms with Gasteiger partial charge < -0.3 is 9.88 Å². The van der Waals surface area contributed by atoms with Crippen molar-refractivity contribution in [3.63, 3.8) is 0 Å². The van der Waals surface area contributed by atoms with E-state index in [9.17, 15) is 9.59 Å². The molecule has 162 valence electrons. The van der Waals surface area contributed by atoms with E-state index in [1.807, 2.05) is 35.2 Å². The third-order valence-corrected chi connectivity index (χ3v) is 6.71. The van der Waals surface area contributed by atoms with E-state index in [0.29, 0.717) is 23.9 Å². The Morgan fingerprint density at radius 1 is 1.03 bits per heavy atom. The standard InChI is InChI=1S/C23H28N6O2/c30-22-19-21(29(27-26-19)15-16-7-3-1-4-8-16)24-20(25-22)17-11-13-28(14-12-17)23(31)18-9-5-2-6-10-18/h1,3-4,7-8,17-18H,2,5-6,9-15H2,(H,24,25,30). The molecule has 0 atom stereocenters. The lowest BCUT2D eigenvalue weighted by Crippen LogP contribution is -2.42. The van der Waals surface area contributed by atoms with Crippen LogP contribution in [0.1, 0.15) is 62.3 Å². The SMILES string of the molecule is O=C(C1CCCCC1)N1CCC(c2nc3c(nnn3Cc3ccccc3)c(=O)[nH]2)CC1. The predicted octanol–water partition coefficient (Wildman–Crippen LogP) is 2.85. The van der Waals surface area contributed by atoms with E-state index in [0.717, 1.165) is 44.3 Å². The molecular weight excluding hydrogens is 392 g/mol. The number of aromatic nitrogens is 5. The van der Waals surface area contributed by atoms with Gasteiger partial charge in [-0.05, 0) is 31.2 Å². The molecule has 0 unspecified atom stereocenters. The lowest BCUT2D eigenvalue weighted by molar-refractivity contribution is -0.137. The molecule has 31 heavy (non-hydrogen) atoms. The van der Waals surface area contributed by atoms with Gasteiger partial charge in [0.15, 0.2) is 11.2 Å². The van der Waals surface area contributed by atoms with E-state index >= 15 is 0 Å². The number of hydrogen-bond donors (Lipinski definition) is 1. The second kappa shape index (κ2) is 8.61. The lowest BCUT2D eigenvalue weighted by Gasteiger charge is -2.34. The van der Waals surface area contributed by atoms with Gasteiger partial charge in [0.1, 0.15) is 5.82 Å². The molecule has 2 aromatic heterocycles. The number of piperidine rings is 1. The first-order chi connectivity index (χ1) is 15.2. The number of carbonyl (C=O) groups is 1. The molecule has 0 bridgehead atoms. The Morgan fingerprint density at radius 3 is 2.52 bits per heavy atom. The number of benzene rings is 1. The molecule has 1 saturated heterocycles. The van der Waals surface area contributed by atoms with Crippen LogP contribution < -0.4 is 5.56 Å². The number of carbonyl (C=O) groups excluding carboxylic acids is 1. The van der Waals surface area contributed by atoms with Crippen LogP contribution in [0.15, 0.2) is 35.1 Å². The fraction of sp³-hybridized carbons (Fsp3) is 0.522. The molecule has 8 heteroatoms. The highest BCUT2D eigenvalue weighted by Crippen LogP contribution is 2.30. The average Bonchev–Trinajstić information content (AvgIpc) is 3.23. The number of likely N-dealkylation sites (tertiary alicyclic amines) is 1. The van der Waals surface area contributed by atoms with Crippen LogP contribution in [0.25, 0.3) is 11.2 Å². The van der Waals surface area contributed by atoms with E-state index in [1.54, 1.807) is 4.68 Å². The Hall–Kier alpha value is -3.03. The van der Waals surface area contributed by atoms with E-state index < -0.39 is 0 Å². The van der Waals surface area contributed by atoms with Crippen molar-refractivity contribution in [2.45, 2.75) is 57.4 Å². The first-order valence-corrected chi connectivity index (χ1v) is 11.3. The van der Waals surface area contributed by atoms with Gasteiger partial charge in [0.05, 0.1) is 6.54 Å². The van der Waals surface area contributed by atoms with Crippen LogP contribution in [0.4, 0.5) is 0 Å². The summed E-state index contributed by atoms with van der Waals surface area (Å²) < 4.78 is 1.69. The summed E-state index contributed by atoms with van der Waals surface area (Å²) in [4.78, 5) is 35.1. The molecule has 1 saturated carbocycles. The number of nitrogens with one attached hydrogen (secondary N) is 1. The van der Waals surface area contributed by atoms with Gasteiger partial charge in [0.25, 0.3) is 5.56 Å². The Kier molecular flexibility index (Phi) is 5.53. The molecule has 3 heterocycles. The number of hydrogen-bond acceptors (Lipinski definition) is 5. The lowest BCUT2D eigenvalue weighted by atomic mass is 9.87. The minimum atomic E-state index is -0.250. The van der Waals surface area contributed by atoms with Crippen molar-refractivity contribution in [2.75, 3.05) is 13.1 Å². The van der Waals surface area contributed by atoms with Crippen LogP contribution in [0.3, 0.4) is 0 Å². The molecule has 0 radical (unpaired) electrons. The van der Waals surface area contributed by atoms with Crippen molar-refractivity contribution < 1.29 is 4.79 Å². The number of nitrogens with zero attached hydrogens (tertiary/aromatic N) is 5. The van der Waals surface area contributed by atoms with Gasteiger partial charge in [0.2, 0.25) is 5.91 Å². The van der Waals surface area contributed by atoms with Gasteiger partial charge in [-0.25, -0.2) is 9.67 Å².